The van der Waals surface area contributed by atoms with Crippen molar-refractivity contribution in [1.29, 1.82) is 0 Å². The van der Waals surface area contributed by atoms with Crippen molar-refractivity contribution in [1.82, 2.24) is 21.0 Å². The second-order valence-electron chi connectivity index (χ2n) is 6.51. The molecule has 2 amide bonds. The number of H-pyrrole nitrogens is 1. The third-order valence-corrected chi connectivity index (χ3v) is 4.36. The molecule has 0 radical (unpaired) electrons. The van der Waals surface area contributed by atoms with Gasteiger partial charge in [0.25, 0.3) is 11.8 Å². The Kier molecular flexibility index (Phi) is 7.05. The van der Waals surface area contributed by atoms with E-state index >= 15 is 0 Å². The van der Waals surface area contributed by atoms with Crippen molar-refractivity contribution in [2.24, 2.45) is 0 Å². The van der Waals surface area contributed by atoms with Crippen LogP contribution in [0, 0.1) is 0 Å². The van der Waals surface area contributed by atoms with Crippen LogP contribution in [0.5, 0.6) is 11.5 Å². The zero-order valence-corrected chi connectivity index (χ0v) is 16.9. The zero-order chi connectivity index (χ0) is 21.3. The Labute approximate surface area is 174 Å². The summed E-state index contributed by atoms with van der Waals surface area (Å²) in [5, 5.41) is 6.79. The van der Waals surface area contributed by atoms with E-state index in [2.05, 4.69) is 28.0 Å². The number of methoxy groups -OCH3 is 1. The minimum absolute atomic E-state index is 0.228. The molecule has 0 spiro atoms. The molecule has 3 N–H and O–H groups in total. The van der Waals surface area contributed by atoms with Gasteiger partial charge in [0.15, 0.2) is 11.5 Å². The van der Waals surface area contributed by atoms with Crippen LogP contribution in [0.3, 0.4) is 0 Å². The minimum Gasteiger partial charge on any atom is -0.493 e. The molecule has 2 aromatic carbocycles. The Hall–Kier alpha value is -3.81. The van der Waals surface area contributed by atoms with Crippen LogP contribution < -0.4 is 20.3 Å². The lowest BCUT2D eigenvalue weighted by Crippen LogP contribution is -2.41. The van der Waals surface area contributed by atoms with Crippen LogP contribution in [0.15, 0.2) is 54.6 Å². The third-order valence-electron chi connectivity index (χ3n) is 4.36. The molecule has 30 heavy (non-hydrogen) atoms. The summed E-state index contributed by atoms with van der Waals surface area (Å²) in [4.78, 5) is 24.7. The summed E-state index contributed by atoms with van der Waals surface area (Å²) in [5.74, 6) is 0.0256. The SMILES string of the molecule is CCCCOc1ccc(C(=O)NNC(=O)c2cc(-c3ccccc3)n[nH]2)cc1OC. The van der Waals surface area contributed by atoms with Crippen molar-refractivity contribution in [3.8, 4) is 22.8 Å². The van der Waals surface area contributed by atoms with E-state index in [0.717, 1.165) is 18.4 Å². The lowest BCUT2D eigenvalue weighted by molar-refractivity contribution is 0.0843. The van der Waals surface area contributed by atoms with Gasteiger partial charge in [0, 0.05) is 11.1 Å². The number of aromatic amines is 1. The largest absolute Gasteiger partial charge is 0.493 e. The molecule has 0 aliphatic rings. The molecule has 0 saturated heterocycles. The Bertz CT molecular complexity index is 1000. The number of ether oxygens (including phenoxy) is 2. The molecule has 1 aromatic heterocycles. The van der Waals surface area contributed by atoms with Gasteiger partial charge in [-0.15, -0.1) is 0 Å². The number of unbranched alkanes of at least 4 members (excludes halogenated alkanes) is 1. The van der Waals surface area contributed by atoms with Crippen molar-refractivity contribution in [3.63, 3.8) is 0 Å². The highest BCUT2D eigenvalue weighted by molar-refractivity contribution is 5.99. The number of aromatic nitrogens is 2. The highest BCUT2D eigenvalue weighted by atomic mass is 16.5. The van der Waals surface area contributed by atoms with E-state index in [1.807, 2.05) is 30.3 Å². The second kappa shape index (κ2) is 10.1. The van der Waals surface area contributed by atoms with E-state index in [4.69, 9.17) is 9.47 Å². The maximum atomic E-state index is 12.4. The van der Waals surface area contributed by atoms with Crippen LogP contribution >= 0.6 is 0 Å². The van der Waals surface area contributed by atoms with Gasteiger partial charge in [-0.25, -0.2) is 0 Å². The van der Waals surface area contributed by atoms with Gasteiger partial charge in [-0.05, 0) is 30.7 Å². The van der Waals surface area contributed by atoms with E-state index in [1.165, 1.54) is 7.11 Å². The van der Waals surface area contributed by atoms with Gasteiger partial charge in [-0.3, -0.25) is 25.5 Å². The van der Waals surface area contributed by atoms with Gasteiger partial charge < -0.3 is 9.47 Å². The summed E-state index contributed by atoms with van der Waals surface area (Å²) in [7, 11) is 1.51. The molecule has 0 unspecified atom stereocenters. The molecular weight excluding hydrogens is 384 g/mol. The summed E-state index contributed by atoms with van der Waals surface area (Å²) in [6, 6.07) is 15.9. The number of benzene rings is 2. The van der Waals surface area contributed by atoms with Gasteiger partial charge in [0.1, 0.15) is 5.69 Å². The minimum atomic E-state index is -0.510. The number of nitrogens with zero attached hydrogens (tertiary/aromatic N) is 1. The lowest BCUT2D eigenvalue weighted by Gasteiger charge is -2.12. The lowest BCUT2D eigenvalue weighted by atomic mass is 10.1. The third kappa shape index (κ3) is 5.16. The number of carbonyl (C=O) groups excluding carboxylic acids is 2. The fourth-order valence-electron chi connectivity index (χ4n) is 2.70. The summed E-state index contributed by atoms with van der Waals surface area (Å²) in [5.41, 5.74) is 6.83. The summed E-state index contributed by atoms with van der Waals surface area (Å²) >= 11 is 0. The predicted molar refractivity (Wildman–Crippen MR) is 112 cm³/mol. The number of hydrogen-bond donors (Lipinski definition) is 3. The summed E-state index contributed by atoms with van der Waals surface area (Å²) < 4.78 is 11.0. The Morgan fingerprint density at radius 3 is 2.50 bits per heavy atom. The van der Waals surface area contributed by atoms with Crippen molar-refractivity contribution in [3.05, 3.63) is 65.9 Å². The number of amides is 2. The van der Waals surface area contributed by atoms with Crippen molar-refractivity contribution >= 4 is 11.8 Å². The van der Waals surface area contributed by atoms with E-state index in [0.29, 0.717) is 29.4 Å². The quantitative estimate of drug-likeness (QED) is 0.392. The van der Waals surface area contributed by atoms with Crippen LogP contribution in [0.4, 0.5) is 0 Å². The van der Waals surface area contributed by atoms with Crippen molar-refractivity contribution in [2.45, 2.75) is 19.8 Å². The number of carbonyl (C=O) groups is 2. The molecule has 8 heteroatoms. The normalized spacial score (nSPS) is 10.3. The maximum absolute atomic E-state index is 12.4. The second-order valence-corrected chi connectivity index (χ2v) is 6.51. The number of rotatable bonds is 8. The monoisotopic (exact) mass is 408 g/mol. The standard InChI is InChI=1S/C22H24N4O4/c1-3-4-12-30-19-11-10-16(13-20(19)29-2)21(27)25-26-22(28)18-14-17(23-24-18)15-8-6-5-7-9-15/h5-11,13-14H,3-4,12H2,1-2H3,(H,23,24)(H,25,27)(H,26,28). The molecule has 0 fully saturated rings. The Morgan fingerprint density at radius 2 is 1.77 bits per heavy atom. The zero-order valence-electron chi connectivity index (χ0n) is 16.9. The molecule has 3 aromatic rings. The van der Waals surface area contributed by atoms with Gasteiger partial charge >= 0.3 is 0 Å². The number of hydrazine groups is 1. The molecule has 0 atom stereocenters. The first-order valence-electron chi connectivity index (χ1n) is 9.64. The van der Waals surface area contributed by atoms with Gasteiger partial charge in [-0.2, -0.15) is 5.10 Å². The van der Waals surface area contributed by atoms with Crippen LogP contribution in [0.25, 0.3) is 11.3 Å². The van der Waals surface area contributed by atoms with Crippen LogP contribution in [-0.2, 0) is 0 Å². The molecule has 156 valence electrons. The first-order valence-corrected chi connectivity index (χ1v) is 9.64. The topological polar surface area (TPSA) is 105 Å². The van der Waals surface area contributed by atoms with Gasteiger partial charge in [0.05, 0.1) is 19.4 Å². The van der Waals surface area contributed by atoms with Crippen molar-refractivity contribution in [2.75, 3.05) is 13.7 Å². The molecule has 0 bridgehead atoms. The molecule has 3 rings (SSSR count). The van der Waals surface area contributed by atoms with E-state index in [1.54, 1.807) is 24.3 Å². The average molecular weight is 408 g/mol. The first-order chi connectivity index (χ1) is 14.6. The summed E-state index contributed by atoms with van der Waals surface area (Å²) in [6.45, 7) is 2.65. The molecule has 0 saturated carbocycles. The van der Waals surface area contributed by atoms with Gasteiger partial charge in [-0.1, -0.05) is 43.7 Å². The van der Waals surface area contributed by atoms with E-state index < -0.39 is 11.8 Å². The number of nitrogens with one attached hydrogen (secondary N) is 3. The smallest absolute Gasteiger partial charge is 0.287 e. The van der Waals surface area contributed by atoms with E-state index in [9.17, 15) is 9.59 Å². The molecule has 0 aliphatic carbocycles. The Balaban J connectivity index is 1.60. The Morgan fingerprint density at radius 1 is 1.00 bits per heavy atom. The molecular formula is C22H24N4O4. The maximum Gasteiger partial charge on any atom is 0.287 e. The van der Waals surface area contributed by atoms with Gasteiger partial charge in [0.2, 0.25) is 0 Å². The molecule has 1 heterocycles. The fourth-order valence-corrected chi connectivity index (χ4v) is 2.70. The first kappa shape index (κ1) is 20.9. The summed E-state index contributed by atoms with van der Waals surface area (Å²) in [6.07, 6.45) is 1.95. The molecule has 8 nitrogen and oxygen atoms in total. The van der Waals surface area contributed by atoms with Crippen LogP contribution in [-0.4, -0.2) is 35.7 Å². The highest BCUT2D eigenvalue weighted by Gasteiger charge is 2.14. The average Bonchev–Trinajstić information content (AvgIpc) is 3.28. The highest BCUT2D eigenvalue weighted by Crippen LogP contribution is 2.28. The fraction of sp³-hybridized carbons (Fsp3) is 0.227. The van der Waals surface area contributed by atoms with Crippen LogP contribution in [0.1, 0.15) is 40.6 Å². The predicted octanol–water partition coefficient (Wildman–Crippen LogP) is 3.34. The van der Waals surface area contributed by atoms with Crippen molar-refractivity contribution < 1.29 is 19.1 Å². The molecule has 0 aliphatic heterocycles. The number of hydrogen-bond acceptors (Lipinski definition) is 5. The van der Waals surface area contributed by atoms with E-state index in [-0.39, 0.29) is 5.69 Å². The van der Waals surface area contributed by atoms with Crippen LogP contribution in [0.2, 0.25) is 0 Å².